The molecular weight excluding hydrogens is 338 g/mol. The van der Waals surface area contributed by atoms with Crippen LogP contribution in [-0.2, 0) is 4.79 Å². The van der Waals surface area contributed by atoms with Gasteiger partial charge >= 0.3 is 0 Å². The topological polar surface area (TPSA) is 84.3 Å². The standard InChI is InChI=1S/C14H18BrN3O3/c1-9-5-11(15)12(7-13(9)18(20)21)17-14(19)6-10-3-2-4-16-8-10/h5,7,10,16H,2-4,6,8H2,1H3,(H,17,19). The number of rotatable bonds is 4. The number of nitrogens with one attached hydrogen (secondary N) is 2. The number of piperidine rings is 1. The number of carbonyl (C=O) groups excluding carboxylic acids is 1. The third kappa shape index (κ3) is 4.25. The monoisotopic (exact) mass is 355 g/mol. The molecule has 2 N–H and O–H groups in total. The van der Waals surface area contributed by atoms with Crippen molar-refractivity contribution in [3.05, 3.63) is 32.3 Å². The zero-order valence-electron chi connectivity index (χ0n) is 11.8. The second-order valence-corrected chi connectivity index (χ2v) is 6.19. The highest BCUT2D eigenvalue weighted by molar-refractivity contribution is 9.10. The van der Waals surface area contributed by atoms with Crippen molar-refractivity contribution in [3.8, 4) is 0 Å². The van der Waals surface area contributed by atoms with E-state index in [1.165, 1.54) is 6.07 Å². The number of hydrogen-bond acceptors (Lipinski definition) is 4. The maximum Gasteiger partial charge on any atom is 0.274 e. The average molecular weight is 356 g/mol. The van der Waals surface area contributed by atoms with Crippen molar-refractivity contribution in [1.29, 1.82) is 0 Å². The molecule has 1 heterocycles. The van der Waals surface area contributed by atoms with Gasteiger partial charge in [0.1, 0.15) is 0 Å². The molecule has 0 spiro atoms. The van der Waals surface area contributed by atoms with E-state index in [1.807, 2.05) is 0 Å². The van der Waals surface area contributed by atoms with Gasteiger partial charge in [-0.2, -0.15) is 0 Å². The molecule has 1 aliphatic rings. The summed E-state index contributed by atoms with van der Waals surface area (Å²) >= 11 is 3.33. The van der Waals surface area contributed by atoms with Crippen LogP contribution in [0.3, 0.4) is 0 Å². The summed E-state index contributed by atoms with van der Waals surface area (Å²) in [6, 6.07) is 3.05. The van der Waals surface area contributed by atoms with Crippen LogP contribution in [0.25, 0.3) is 0 Å². The van der Waals surface area contributed by atoms with Crippen molar-refractivity contribution in [2.75, 3.05) is 18.4 Å². The number of aryl methyl sites for hydroxylation is 1. The first-order valence-corrected chi connectivity index (χ1v) is 7.71. The second kappa shape index (κ2) is 7.00. The first kappa shape index (κ1) is 15.9. The van der Waals surface area contributed by atoms with Crippen molar-refractivity contribution < 1.29 is 9.72 Å². The summed E-state index contributed by atoms with van der Waals surface area (Å²) < 4.78 is 0.653. The molecule has 2 rings (SSSR count). The molecule has 1 amide bonds. The second-order valence-electron chi connectivity index (χ2n) is 5.34. The Morgan fingerprint density at radius 1 is 1.57 bits per heavy atom. The molecule has 1 fully saturated rings. The molecule has 114 valence electrons. The molecule has 0 aliphatic carbocycles. The van der Waals surface area contributed by atoms with Gasteiger partial charge in [-0.25, -0.2) is 0 Å². The van der Waals surface area contributed by atoms with Crippen LogP contribution >= 0.6 is 15.9 Å². The number of amides is 1. The van der Waals surface area contributed by atoms with Crippen LogP contribution in [-0.4, -0.2) is 23.9 Å². The average Bonchev–Trinajstić information content (AvgIpc) is 2.42. The van der Waals surface area contributed by atoms with Crippen LogP contribution in [0, 0.1) is 23.0 Å². The van der Waals surface area contributed by atoms with E-state index in [0.717, 1.165) is 25.9 Å². The van der Waals surface area contributed by atoms with Gasteiger partial charge in [-0.3, -0.25) is 14.9 Å². The van der Waals surface area contributed by atoms with E-state index in [2.05, 4.69) is 26.6 Å². The van der Waals surface area contributed by atoms with Crippen molar-refractivity contribution in [1.82, 2.24) is 5.32 Å². The van der Waals surface area contributed by atoms with Crippen molar-refractivity contribution in [2.24, 2.45) is 5.92 Å². The van der Waals surface area contributed by atoms with E-state index in [9.17, 15) is 14.9 Å². The van der Waals surface area contributed by atoms with Crippen molar-refractivity contribution in [3.63, 3.8) is 0 Å². The fraction of sp³-hybridized carbons (Fsp3) is 0.500. The van der Waals surface area contributed by atoms with Crippen LogP contribution in [0.5, 0.6) is 0 Å². The SMILES string of the molecule is Cc1cc(Br)c(NC(=O)CC2CCCNC2)cc1[N+](=O)[O-]. The summed E-state index contributed by atoms with van der Waals surface area (Å²) in [5, 5.41) is 17.0. The number of nitro groups is 1. The fourth-order valence-electron chi connectivity index (χ4n) is 2.52. The maximum absolute atomic E-state index is 12.1. The minimum Gasteiger partial charge on any atom is -0.325 e. The predicted molar refractivity (Wildman–Crippen MR) is 84.4 cm³/mol. The van der Waals surface area contributed by atoms with E-state index in [0.29, 0.717) is 28.1 Å². The quantitative estimate of drug-likeness (QED) is 0.642. The minimum atomic E-state index is -0.442. The molecule has 0 aromatic heterocycles. The molecule has 0 bridgehead atoms. The van der Waals surface area contributed by atoms with Gasteiger partial charge in [-0.05, 0) is 60.8 Å². The molecule has 1 aromatic carbocycles. The first-order chi connectivity index (χ1) is 9.97. The minimum absolute atomic E-state index is 0.00725. The van der Waals surface area contributed by atoms with Gasteiger partial charge in [-0.1, -0.05) is 0 Å². The highest BCUT2D eigenvalue weighted by Crippen LogP contribution is 2.31. The van der Waals surface area contributed by atoms with Gasteiger partial charge in [0.15, 0.2) is 0 Å². The summed E-state index contributed by atoms with van der Waals surface area (Å²) in [4.78, 5) is 22.6. The predicted octanol–water partition coefficient (Wildman–Crippen LogP) is 2.99. The van der Waals surface area contributed by atoms with Crippen LogP contribution in [0.4, 0.5) is 11.4 Å². The Hall–Kier alpha value is -1.47. The Bertz CT molecular complexity index is 557. The Morgan fingerprint density at radius 2 is 2.33 bits per heavy atom. The van der Waals surface area contributed by atoms with E-state index in [-0.39, 0.29) is 11.6 Å². The summed E-state index contributed by atoms with van der Waals surface area (Å²) in [7, 11) is 0. The molecule has 1 saturated heterocycles. The molecule has 1 unspecified atom stereocenters. The maximum atomic E-state index is 12.1. The molecule has 1 atom stereocenters. The van der Waals surface area contributed by atoms with Crippen LogP contribution in [0.1, 0.15) is 24.8 Å². The lowest BCUT2D eigenvalue weighted by atomic mass is 9.96. The molecule has 1 aromatic rings. The lowest BCUT2D eigenvalue weighted by molar-refractivity contribution is -0.385. The molecule has 6 nitrogen and oxygen atoms in total. The lowest BCUT2D eigenvalue weighted by Crippen LogP contribution is -2.32. The molecule has 0 radical (unpaired) electrons. The third-order valence-electron chi connectivity index (χ3n) is 3.63. The first-order valence-electron chi connectivity index (χ1n) is 6.92. The zero-order chi connectivity index (χ0) is 15.4. The van der Waals surface area contributed by atoms with Gasteiger partial charge in [0.25, 0.3) is 5.69 Å². The van der Waals surface area contributed by atoms with E-state index < -0.39 is 4.92 Å². The number of halogens is 1. The number of anilines is 1. The fourth-order valence-corrected chi connectivity index (χ4v) is 3.07. The molecule has 0 saturated carbocycles. The number of nitrogens with zero attached hydrogens (tertiary/aromatic N) is 1. The number of benzene rings is 1. The Labute approximate surface area is 131 Å². The van der Waals surface area contributed by atoms with Crippen molar-refractivity contribution in [2.45, 2.75) is 26.2 Å². The van der Waals surface area contributed by atoms with E-state index in [1.54, 1.807) is 13.0 Å². The summed E-state index contributed by atoms with van der Waals surface area (Å²) in [6.07, 6.45) is 2.55. The summed E-state index contributed by atoms with van der Waals surface area (Å²) in [6.45, 7) is 3.53. The van der Waals surface area contributed by atoms with E-state index >= 15 is 0 Å². The highest BCUT2D eigenvalue weighted by Gasteiger charge is 2.19. The molecule has 21 heavy (non-hydrogen) atoms. The van der Waals surface area contributed by atoms with Crippen molar-refractivity contribution >= 4 is 33.2 Å². The molecule has 7 heteroatoms. The molecule has 1 aliphatic heterocycles. The van der Waals surface area contributed by atoms with Gasteiger partial charge < -0.3 is 10.6 Å². The number of carbonyl (C=O) groups is 1. The Balaban J connectivity index is 2.06. The van der Waals surface area contributed by atoms with Crippen LogP contribution < -0.4 is 10.6 Å². The van der Waals surface area contributed by atoms with Gasteiger partial charge in [0.2, 0.25) is 5.91 Å². The molecular formula is C14H18BrN3O3. The summed E-state index contributed by atoms with van der Waals surface area (Å²) in [5.41, 5.74) is 1.01. The third-order valence-corrected chi connectivity index (χ3v) is 4.29. The van der Waals surface area contributed by atoms with Gasteiger partial charge in [-0.15, -0.1) is 0 Å². The Morgan fingerprint density at radius 3 is 2.95 bits per heavy atom. The van der Waals surface area contributed by atoms with Crippen LogP contribution in [0.15, 0.2) is 16.6 Å². The summed E-state index contributed by atoms with van der Waals surface area (Å²) in [5.74, 6) is 0.223. The highest BCUT2D eigenvalue weighted by atomic mass is 79.9. The van der Waals surface area contributed by atoms with E-state index in [4.69, 9.17) is 0 Å². The lowest BCUT2D eigenvalue weighted by Gasteiger charge is -2.22. The zero-order valence-corrected chi connectivity index (χ0v) is 13.4. The largest absolute Gasteiger partial charge is 0.325 e. The number of hydrogen-bond donors (Lipinski definition) is 2. The normalized spacial score (nSPS) is 18.3. The smallest absolute Gasteiger partial charge is 0.274 e. The van der Waals surface area contributed by atoms with Crippen LogP contribution in [0.2, 0.25) is 0 Å². The van der Waals surface area contributed by atoms with Gasteiger partial charge in [0.05, 0.1) is 10.6 Å². The van der Waals surface area contributed by atoms with Gasteiger partial charge in [0, 0.05) is 22.5 Å². The number of nitro benzene ring substituents is 1. The Kier molecular flexibility index (Phi) is 5.30.